The summed E-state index contributed by atoms with van der Waals surface area (Å²) in [5.74, 6) is -1.92. The molecule has 0 saturated carbocycles. The Kier molecular flexibility index (Phi) is 4.18. The minimum Gasteiger partial charge on any atom is -0.478 e. The van der Waals surface area contributed by atoms with Crippen LogP contribution < -0.4 is 10.6 Å². The summed E-state index contributed by atoms with van der Waals surface area (Å²) in [5, 5.41) is 15.1. The summed E-state index contributed by atoms with van der Waals surface area (Å²) >= 11 is 0. The van der Waals surface area contributed by atoms with E-state index in [1.807, 2.05) is 0 Å². The third-order valence-corrected chi connectivity index (χ3v) is 3.07. The van der Waals surface area contributed by atoms with Gasteiger partial charge in [-0.25, -0.2) is 4.79 Å². The number of hydrogen-bond donors (Lipinski definition) is 3. The van der Waals surface area contributed by atoms with Crippen LogP contribution >= 0.6 is 0 Å². The molecule has 0 fully saturated rings. The van der Waals surface area contributed by atoms with Crippen LogP contribution in [0.5, 0.6) is 0 Å². The second kappa shape index (κ2) is 6.04. The van der Waals surface area contributed by atoms with E-state index in [4.69, 9.17) is 0 Å². The molecule has 0 aliphatic rings. The number of carboxylic acid groups (broad SMARTS) is 1. The van der Waals surface area contributed by atoms with Crippen molar-refractivity contribution in [2.45, 2.75) is 0 Å². The minimum absolute atomic E-state index is 0.0539. The van der Waals surface area contributed by atoms with E-state index in [1.165, 1.54) is 19.2 Å². The van der Waals surface area contributed by atoms with Gasteiger partial charge in [0.15, 0.2) is 0 Å². The summed E-state index contributed by atoms with van der Waals surface area (Å²) in [7, 11) is 1.47. The molecule has 0 radical (unpaired) electrons. The van der Waals surface area contributed by atoms with Crippen molar-refractivity contribution in [2.24, 2.45) is 0 Å². The Hall–Kier alpha value is -2.89. The van der Waals surface area contributed by atoms with Gasteiger partial charge in [-0.1, -0.05) is 24.3 Å². The Morgan fingerprint density at radius 1 is 1.05 bits per heavy atom. The number of hydrogen-bond acceptors (Lipinski definition) is 3. The highest BCUT2D eigenvalue weighted by atomic mass is 16.4. The van der Waals surface area contributed by atoms with E-state index in [2.05, 4.69) is 10.6 Å². The summed E-state index contributed by atoms with van der Waals surface area (Å²) in [6, 6.07) is 9.74. The van der Waals surface area contributed by atoms with E-state index in [-0.39, 0.29) is 23.6 Å². The molecule has 0 aliphatic heterocycles. The number of amides is 2. The first-order valence-electron chi connectivity index (χ1n) is 6.28. The second-order valence-corrected chi connectivity index (χ2v) is 4.37. The normalized spacial score (nSPS) is 10.1. The molecule has 2 amide bonds. The van der Waals surface area contributed by atoms with E-state index in [1.54, 1.807) is 24.3 Å². The van der Waals surface area contributed by atoms with Crippen LogP contribution in [-0.2, 0) is 4.79 Å². The van der Waals surface area contributed by atoms with Crippen LogP contribution in [0.4, 0.5) is 0 Å². The maximum atomic E-state index is 12.2. The van der Waals surface area contributed by atoms with Crippen LogP contribution in [-0.4, -0.2) is 36.5 Å². The second-order valence-electron chi connectivity index (χ2n) is 4.37. The lowest BCUT2D eigenvalue weighted by atomic mass is 9.98. The van der Waals surface area contributed by atoms with Gasteiger partial charge in [0.1, 0.15) is 0 Å². The zero-order valence-electron chi connectivity index (χ0n) is 11.3. The van der Waals surface area contributed by atoms with Crippen LogP contribution in [0.3, 0.4) is 0 Å². The average molecular weight is 286 g/mol. The van der Waals surface area contributed by atoms with Gasteiger partial charge in [0.25, 0.3) is 5.91 Å². The zero-order valence-corrected chi connectivity index (χ0v) is 11.3. The van der Waals surface area contributed by atoms with Gasteiger partial charge in [-0.3, -0.25) is 9.59 Å². The first-order valence-corrected chi connectivity index (χ1v) is 6.28. The summed E-state index contributed by atoms with van der Waals surface area (Å²) in [6.07, 6.45) is 0. The summed E-state index contributed by atoms with van der Waals surface area (Å²) in [4.78, 5) is 34.6. The van der Waals surface area contributed by atoms with Crippen molar-refractivity contribution in [3.05, 3.63) is 47.5 Å². The van der Waals surface area contributed by atoms with Crippen LogP contribution in [0.1, 0.15) is 20.7 Å². The minimum atomic E-state index is -1.10. The lowest BCUT2D eigenvalue weighted by Crippen LogP contribution is -2.35. The molecule has 0 saturated heterocycles. The predicted molar refractivity (Wildman–Crippen MR) is 77.3 cm³/mol. The molecule has 0 aliphatic carbocycles. The third kappa shape index (κ3) is 3.00. The van der Waals surface area contributed by atoms with Crippen LogP contribution in [0.25, 0.3) is 10.8 Å². The molecular formula is C15H14N2O4. The molecule has 0 unspecified atom stereocenters. The number of fused-ring (bicyclic) bond motifs is 1. The Morgan fingerprint density at radius 2 is 1.67 bits per heavy atom. The van der Waals surface area contributed by atoms with Crippen LogP contribution in [0.2, 0.25) is 0 Å². The van der Waals surface area contributed by atoms with Gasteiger partial charge in [-0.2, -0.15) is 0 Å². The number of nitrogens with one attached hydrogen (secondary N) is 2. The van der Waals surface area contributed by atoms with Crippen molar-refractivity contribution >= 4 is 28.6 Å². The molecule has 0 bridgehead atoms. The molecule has 0 spiro atoms. The number of carbonyl (C=O) groups is 3. The summed E-state index contributed by atoms with van der Waals surface area (Å²) in [6.45, 7) is -0.166. The highest BCUT2D eigenvalue weighted by Gasteiger charge is 2.16. The topological polar surface area (TPSA) is 95.5 Å². The van der Waals surface area contributed by atoms with Gasteiger partial charge in [0, 0.05) is 18.0 Å². The van der Waals surface area contributed by atoms with E-state index in [0.717, 1.165) is 0 Å². The van der Waals surface area contributed by atoms with E-state index in [9.17, 15) is 19.5 Å². The maximum Gasteiger partial charge on any atom is 0.336 e. The molecule has 0 atom stereocenters. The number of benzene rings is 2. The van der Waals surface area contributed by atoms with Gasteiger partial charge in [0.2, 0.25) is 5.91 Å². The van der Waals surface area contributed by atoms with Crippen molar-refractivity contribution < 1.29 is 19.5 Å². The molecule has 2 aromatic rings. The molecule has 0 heterocycles. The van der Waals surface area contributed by atoms with Gasteiger partial charge in [-0.15, -0.1) is 0 Å². The highest BCUT2D eigenvalue weighted by Crippen LogP contribution is 2.23. The molecule has 0 aromatic heterocycles. The lowest BCUT2D eigenvalue weighted by Gasteiger charge is -2.09. The SMILES string of the molecule is CNC(=O)CNC(=O)c1cccc2cccc(C(=O)O)c12. The molecule has 2 rings (SSSR count). The fraction of sp³-hybridized carbons (Fsp3) is 0.133. The summed E-state index contributed by atoms with van der Waals surface area (Å²) < 4.78 is 0. The van der Waals surface area contributed by atoms with Crippen molar-refractivity contribution in [3.8, 4) is 0 Å². The quantitative estimate of drug-likeness (QED) is 0.781. The monoisotopic (exact) mass is 286 g/mol. The van der Waals surface area contributed by atoms with Gasteiger partial charge in [-0.05, 0) is 17.5 Å². The molecular weight excluding hydrogens is 272 g/mol. The van der Waals surface area contributed by atoms with Crippen molar-refractivity contribution in [1.82, 2.24) is 10.6 Å². The van der Waals surface area contributed by atoms with E-state index in [0.29, 0.717) is 10.8 Å². The van der Waals surface area contributed by atoms with Crippen LogP contribution in [0, 0.1) is 0 Å². The van der Waals surface area contributed by atoms with Crippen LogP contribution in [0.15, 0.2) is 36.4 Å². The molecule has 21 heavy (non-hydrogen) atoms. The van der Waals surface area contributed by atoms with E-state index >= 15 is 0 Å². The maximum absolute atomic E-state index is 12.2. The number of carboxylic acids is 1. The van der Waals surface area contributed by atoms with Gasteiger partial charge in [0.05, 0.1) is 12.1 Å². The first-order chi connectivity index (χ1) is 10.0. The average Bonchev–Trinajstić information content (AvgIpc) is 2.50. The predicted octanol–water partition coefficient (Wildman–Crippen LogP) is 1.01. The number of aromatic carboxylic acids is 1. The molecule has 6 nitrogen and oxygen atoms in total. The first kappa shape index (κ1) is 14.5. The fourth-order valence-corrected chi connectivity index (χ4v) is 2.05. The number of carbonyl (C=O) groups excluding carboxylic acids is 2. The Bertz CT molecular complexity index is 719. The molecule has 3 N–H and O–H groups in total. The standard InChI is InChI=1S/C15H14N2O4/c1-16-12(18)8-17-14(19)10-6-2-4-9-5-3-7-11(13(9)10)15(20)21/h2-7H,8H2,1H3,(H,16,18)(H,17,19)(H,20,21). The highest BCUT2D eigenvalue weighted by molar-refractivity contribution is 6.14. The molecule has 108 valence electrons. The summed E-state index contributed by atoms with van der Waals surface area (Å²) in [5.41, 5.74) is 0.285. The van der Waals surface area contributed by atoms with Gasteiger partial charge < -0.3 is 15.7 Å². The lowest BCUT2D eigenvalue weighted by molar-refractivity contribution is -0.119. The third-order valence-electron chi connectivity index (χ3n) is 3.07. The van der Waals surface area contributed by atoms with Gasteiger partial charge >= 0.3 is 5.97 Å². The van der Waals surface area contributed by atoms with Crippen molar-refractivity contribution in [2.75, 3.05) is 13.6 Å². The van der Waals surface area contributed by atoms with E-state index < -0.39 is 11.9 Å². The molecule has 6 heteroatoms. The Labute approximate surface area is 120 Å². The zero-order chi connectivity index (χ0) is 15.4. The number of rotatable bonds is 4. The Balaban J connectivity index is 2.46. The van der Waals surface area contributed by atoms with Crippen molar-refractivity contribution in [1.29, 1.82) is 0 Å². The Morgan fingerprint density at radius 3 is 2.24 bits per heavy atom. The largest absolute Gasteiger partial charge is 0.478 e. The fourth-order valence-electron chi connectivity index (χ4n) is 2.05. The van der Waals surface area contributed by atoms with Crippen molar-refractivity contribution in [3.63, 3.8) is 0 Å². The smallest absolute Gasteiger partial charge is 0.336 e. The number of likely N-dealkylation sites (N-methyl/N-ethyl adjacent to an activating group) is 1. The molecule has 2 aromatic carbocycles.